The highest BCUT2D eigenvalue weighted by atomic mass is 16.6. The number of ether oxygens (including phenoxy) is 3. The predicted octanol–water partition coefficient (Wildman–Crippen LogP) is 0.863. The molecule has 3 N–H and O–H groups in total. The van der Waals surface area contributed by atoms with E-state index in [9.17, 15) is 9.90 Å². The summed E-state index contributed by atoms with van der Waals surface area (Å²) in [6.45, 7) is 2.43. The Morgan fingerprint density at radius 3 is 2.96 bits per heavy atom. The van der Waals surface area contributed by atoms with Crippen LogP contribution in [-0.2, 0) is 21.4 Å². The van der Waals surface area contributed by atoms with E-state index in [1.165, 1.54) is 5.56 Å². The molecule has 1 spiro atoms. The maximum Gasteiger partial charge on any atom is 0.327 e. The second-order valence-corrected chi connectivity index (χ2v) is 8.50. The van der Waals surface area contributed by atoms with Crippen LogP contribution in [0, 0.1) is 0 Å². The molecular formula is C21H26N2O5. The van der Waals surface area contributed by atoms with Crippen molar-refractivity contribution in [3.05, 3.63) is 35.1 Å². The summed E-state index contributed by atoms with van der Waals surface area (Å²) >= 11 is 0. The minimum atomic E-state index is -1.00. The van der Waals surface area contributed by atoms with Crippen molar-refractivity contribution in [2.24, 2.45) is 5.73 Å². The lowest BCUT2D eigenvalue weighted by Gasteiger charge is -2.61. The van der Waals surface area contributed by atoms with Crippen molar-refractivity contribution in [2.75, 3.05) is 20.7 Å². The molecule has 2 aliphatic heterocycles. The van der Waals surface area contributed by atoms with Crippen molar-refractivity contribution >= 4 is 5.97 Å². The Morgan fingerprint density at radius 1 is 1.46 bits per heavy atom. The van der Waals surface area contributed by atoms with Gasteiger partial charge in [0.05, 0.1) is 18.1 Å². The zero-order valence-corrected chi connectivity index (χ0v) is 16.4. The molecule has 4 aliphatic rings. The molecule has 1 aromatic rings. The molecule has 1 unspecified atom stereocenters. The number of esters is 1. The van der Waals surface area contributed by atoms with E-state index in [1.807, 2.05) is 6.07 Å². The summed E-state index contributed by atoms with van der Waals surface area (Å²) < 4.78 is 17.6. The summed E-state index contributed by atoms with van der Waals surface area (Å²) in [7, 11) is 3.67. The van der Waals surface area contributed by atoms with Gasteiger partial charge in [-0.15, -0.1) is 0 Å². The maximum absolute atomic E-state index is 12.2. The van der Waals surface area contributed by atoms with E-state index in [2.05, 4.69) is 18.0 Å². The summed E-state index contributed by atoms with van der Waals surface area (Å²) in [5, 5.41) is 12.0. The number of nitrogens with zero attached hydrogens (tertiary/aromatic N) is 1. The lowest BCUT2D eigenvalue weighted by molar-refractivity contribution is -0.169. The minimum absolute atomic E-state index is 0.0267. The number of hydrogen-bond acceptors (Lipinski definition) is 7. The molecule has 1 fully saturated rings. The van der Waals surface area contributed by atoms with Gasteiger partial charge in [0.2, 0.25) is 0 Å². The quantitative estimate of drug-likeness (QED) is 0.744. The molecule has 0 amide bonds. The monoisotopic (exact) mass is 386 g/mol. The number of carbonyl (C=O) groups is 1. The molecule has 2 bridgehead atoms. The third kappa shape index (κ3) is 1.97. The van der Waals surface area contributed by atoms with Gasteiger partial charge >= 0.3 is 5.97 Å². The Kier molecular flexibility index (Phi) is 3.67. The number of hydrogen-bond donors (Lipinski definition) is 2. The molecule has 5 atom stereocenters. The number of carbonyl (C=O) groups excluding carboxylic acids is 1. The molecular weight excluding hydrogens is 360 g/mol. The molecule has 5 rings (SSSR count). The van der Waals surface area contributed by atoms with Crippen molar-refractivity contribution in [3.63, 3.8) is 0 Å². The molecule has 0 radical (unpaired) electrons. The first-order valence-corrected chi connectivity index (χ1v) is 9.80. The van der Waals surface area contributed by atoms with Crippen molar-refractivity contribution in [1.82, 2.24) is 4.90 Å². The van der Waals surface area contributed by atoms with Crippen LogP contribution < -0.4 is 15.2 Å². The summed E-state index contributed by atoms with van der Waals surface area (Å²) in [4.78, 5) is 14.5. The van der Waals surface area contributed by atoms with Crippen molar-refractivity contribution in [3.8, 4) is 11.5 Å². The van der Waals surface area contributed by atoms with Crippen molar-refractivity contribution in [2.45, 2.75) is 55.4 Å². The average Bonchev–Trinajstić information content (AvgIpc) is 3.02. The van der Waals surface area contributed by atoms with Crippen molar-refractivity contribution in [1.29, 1.82) is 0 Å². The predicted molar refractivity (Wildman–Crippen MR) is 101 cm³/mol. The third-order valence-electron chi connectivity index (χ3n) is 7.15. The third-order valence-corrected chi connectivity index (χ3v) is 7.15. The Morgan fingerprint density at radius 2 is 2.25 bits per heavy atom. The zero-order valence-electron chi connectivity index (χ0n) is 16.4. The molecule has 150 valence electrons. The van der Waals surface area contributed by atoms with Gasteiger partial charge in [-0.1, -0.05) is 6.07 Å². The molecule has 2 aliphatic carbocycles. The van der Waals surface area contributed by atoms with Gasteiger partial charge in [0, 0.05) is 18.0 Å². The van der Waals surface area contributed by atoms with Gasteiger partial charge in [-0.3, -0.25) is 0 Å². The molecule has 1 aromatic carbocycles. The zero-order chi connectivity index (χ0) is 19.8. The summed E-state index contributed by atoms with van der Waals surface area (Å²) in [6, 6.07) is 3.23. The molecule has 1 saturated heterocycles. The second-order valence-electron chi connectivity index (χ2n) is 8.50. The fourth-order valence-corrected chi connectivity index (χ4v) is 5.80. The first-order valence-electron chi connectivity index (χ1n) is 9.80. The Hall–Kier alpha value is -2.09. The summed E-state index contributed by atoms with van der Waals surface area (Å²) in [5.41, 5.74) is 6.23. The SMILES string of the molecule is COc1ccc2c3c1O[C@H]1C(OC(=O)C(C)N)=CC[C@@]4(O)[C@@H](C2)N(C)CC[C@]314. The number of likely N-dealkylation sites (tertiary alicyclic amines) is 1. The lowest BCUT2D eigenvalue weighted by atomic mass is 9.50. The van der Waals surface area contributed by atoms with Crippen LogP contribution >= 0.6 is 0 Å². The van der Waals surface area contributed by atoms with Crippen LogP contribution in [0.2, 0.25) is 0 Å². The maximum atomic E-state index is 12.2. The first-order chi connectivity index (χ1) is 13.3. The number of rotatable bonds is 3. The molecule has 0 saturated carbocycles. The topological polar surface area (TPSA) is 94.2 Å². The number of piperidine rings is 1. The number of nitrogens with two attached hydrogens (primary N) is 1. The van der Waals surface area contributed by atoms with E-state index in [0.29, 0.717) is 30.1 Å². The highest BCUT2D eigenvalue weighted by molar-refractivity contribution is 5.76. The van der Waals surface area contributed by atoms with Gasteiger partial charge in [0.15, 0.2) is 17.6 Å². The van der Waals surface area contributed by atoms with E-state index in [1.54, 1.807) is 20.1 Å². The summed E-state index contributed by atoms with van der Waals surface area (Å²) in [6.07, 6.45) is 3.09. The van der Waals surface area contributed by atoms with E-state index >= 15 is 0 Å². The number of benzene rings is 1. The smallest absolute Gasteiger partial charge is 0.327 e. The van der Waals surface area contributed by atoms with Crippen LogP contribution in [0.5, 0.6) is 11.5 Å². The molecule has 0 aromatic heterocycles. The normalized spacial score (nSPS) is 36.1. The Balaban J connectivity index is 1.72. The van der Waals surface area contributed by atoms with Gasteiger partial charge in [-0.05, 0) is 51.1 Å². The fourth-order valence-electron chi connectivity index (χ4n) is 5.80. The number of likely N-dealkylation sites (N-methyl/N-ethyl adjacent to an activating group) is 1. The second kappa shape index (κ2) is 5.72. The van der Waals surface area contributed by atoms with Gasteiger partial charge in [0.25, 0.3) is 0 Å². The van der Waals surface area contributed by atoms with Crippen LogP contribution in [-0.4, -0.2) is 60.5 Å². The van der Waals surface area contributed by atoms with Crippen LogP contribution in [0.1, 0.15) is 30.9 Å². The molecule has 7 heteroatoms. The summed E-state index contributed by atoms with van der Waals surface area (Å²) in [5.74, 6) is 1.25. The fraction of sp³-hybridized carbons (Fsp3) is 0.571. The Labute approximate surface area is 164 Å². The molecule has 28 heavy (non-hydrogen) atoms. The standard InChI is InChI=1S/C21H26N2O5/c1-11(22)19(24)27-14-6-7-21(25)15-10-12-4-5-13(26-3)17-16(12)20(21,18(14)28-17)8-9-23(15)2/h4-6,11,15,18,25H,7-10,22H2,1-3H3/t11?,15-,18+,20+,21-/m1/s1. The van der Waals surface area contributed by atoms with Crippen LogP contribution in [0.15, 0.2) is 24.0 Å². The van der Waals surface area contributed by atoms with E-state index < -0.39 is 29.1 Å². The lowest BCUT2D eigenvalue weighted by Crippen LogP contribution is -2.74. The Bertz CT molecular complexity index is 897. The number of aliphatic hydroxyl groups is 1. The van der Waals surface area contributed by atoms with E-state index in [0.717, 1.165) is 18.5 Å². The minimum Gasteiger partial charge on any atom is -0.493 e. The van der Waals surface area contributed by atoms with Gasteiger partial charge in [-0.25, -0.2) is 4.79 Å². The van der Waals surface area contributed by atoms with Crippen LogP contribution in [0.3, 0.4) is 0 Å². The van der Waals surface area contributed by atoms with Gasteiger partial charge in [-0.2, -0.15) is 0 Å². The van der Waals surface area contributed by atoms with Gasteiger partial charge in [0.1, 0.15) is 11.8 Å². The first kappa shape index (κ1) is 18.0. The highest BCUT2D eigenvalue weighted by Gasteiger charge is 2.72. The van der Waals surface area contributed by atoms with Crippen LogP contribution in [0.4, 0.5) is 0 Å². The molecule has 2 heterocycles. The largest absolute Gasteiger partial charge is 0.493 e. The van der Waals surface area contributed by atoms with Crippen LogP contribution in [0.25, 0.3) is 0 Å². The van der Waals surface area contributed by atoms with E-state index in [4.69, 9.17) is 19.9 Å². The highest BCUT2D eigenvalue weighted by Crippen LogP contribution is 2.65. The van der Waals surface area contributed by atoms with Gasteiger partial charge < -0.3 is 30.0 Å². The number of methoxy groups -OCH3 is 1. The molecule has 7 nitrogen and oxygen atoms in total. The average molecular weight is 386 g/mol. The van der Waals surface area contributed by atoms with Crippen molar-refractivity contribution < 1.29 is 24.1 Å². The van der Waals surface area contributed by atoms with E-state index in [-0.39, 0.29) is 6.04 Å².